The van der Waals surface area contributed by atoms with Crippen molar-refractivity contribution in [2.45, 2.75) is 63.7 Å². The van der Waals surface area contributed by atoms with E-state index >= 15 is 0 Å². The number of sulfonamides is 2. The molecule has 2 aromatic rings. The fraction of sp³-hybridized carbons (Fsp3) is 0.455. The van der Waals surface area contributed by atoms with E-state index in [1.165, 1.54) is 6.07 Å². The molecule has 0 heterocycles. The molecule has 32 heavy (non-hydrogen) atoms. The summed E-state index contributed by atoms with van der Waals surface area (Å²) in [5, 5.41) is 10.1. The first-order valence-corrected chi connectivity index (χ1v) is 14.0. The number of aryl methyl sites for hydroxylation is 3. The number of halogens is 1. The number of rotatable bonds is 10. The maximum atomic E-state index is 13.4. The molecule has 0 saturated carbocycles. The van der Waals surface area contributed by atoms with Crippen LogP contribution in [0.4, 0.5) is 5.69 Å². The number of hydrogen-bond acceptors (Lipinski definition) is 5. The van der Waals surface area contributed by atoms with Gasteiger partial charge >= 0.3 is 0 Å². The number of anilines is 1. The summed E-state index contributed by atoms with van der Waals surface area (Å²) in [5.74, 6) is -0.614. The highest BCUT2D eigenvalue weighted by atomic mass is 35.5. The molecule has 10 heteroatoms. The summed E-state index contributed by atoms with van der Waals surface area (Å²) in [4.78, 5) is -0.254. The largest absolute Gasteiger partial charge is 0.505 e. The van der Waals surface area contributed by atoms with E-state index in [4.69, 9.17) is 11.6 Å². The molecule has 0 aliphatic heterocycles. The van der Waals surface area contributed by atoms with Crippen LogP contribution in [0.15, 0.2) is 34.1 Å². The van der Waals surface area contributed by atoms with E-state index in [1.54, 1.807) is 13.8 Å². The Kier molecular flexibility index (Phi) is 8.61. The molecule has 2 aromatic carbocycles. The van der Waals surface area contributed by atoms with Crippen molar-refractivity contribution < 1.29 is 21.9 Å². The predicted molar refractivity (Wildman–Crippen MR) is 129 cm³/mol. The third-order valence-electron chi connectivity index (χ3n) is 5.35. The van der Waals surface area contributed by atoms with Gasteiger partial charge in [0.25, 0.3) is 10.0 Å². The second-order valence-corrected chi connectivity index (χ2v) is 11.2. The molecule has 7 nitrogen and oxygen atoms in total. The van der Waals surface area contributed by atoms with Gasteiger partial charge in [-0.3, -0.25) is 4.72 Å². The fourth-order valence-corrected chi connectivity index (χ4v) is 7.13. The van der Waals surface area contributed by atoms with Gasteiger partial charge in [-0.1, -0.05) is 58.4 Å². The van der Waals surface area contributed by atoms with Crippen molar-refractivity contribution in [3.63, 3.8) is 0 Å². The Hall–Kier alpha value is -1.81. The standard InChI is InChI=1S/C22H31ClN2O5S2/c1-6-15-11-16(7-2)22(17(8-3)12-15)31(27,28)24-18-13-19(23)21(26)20(14-18)32(29,30)25(9-4)10-5/h11-14,24,26H,6-10H2,1-5H3. The van der Waals surface area contributed by atoms with E-state index < -0.39 is 30.7 Å². The van der Waals surface area contributed by atoms with Crippen LogP contribution < -0.4 is 4.72 Å². The lowest BCUT2D eigenvalue weighted by Gasteiger charge is -2.21. The molecular formula is C22H31ClN2O5S2. The lowest BCUT2D eigenvalue weighted by molar-refractivity contribution is 0.429. The average Bonchev–Trinajstić information content (AvgIpc) is 2.75. The Labute approximate surface area is 196 Å². The van der Waals surface area contributed by atoms with Gasteiger partial charge in [-0.2, -0.15) is 4.31 Å². The highest BCUT2D eigenvalue weighted by Crippen LogP contribution is 2.37. The topological polar surface area (TPSA) is 104 Å². The maximum Gasteiger partial charge on any atom is 0.262 e. The monoisotopic (exact) mass is 502 g/mol. The fourth-order valence-electron chi connectivity index (χ4n) is 3.64. The molecule has 2 rings (SSSR count). The Bertz CT molecular complexity index is 1170. The minimum absolute atomic E-state index is 0.0396. The van der Waals surface area contributed by atoms with Crippen molar-refractivity contribution in [3.8, 4) is 5.75 Å². The summed E-state index contributed by atoms with van der Waals surface area (Å²) < 4.78 is 56.3. The highest BCUT2D eigenvalue weighted by Gasteiger charge is 2.29. The van der Waals surface area contributed by atoms with Crippen LogP contribution in [-0.2, 0) is 39.3 Å². The van der Waals surface area contributed by atoms with Crippen LogP contribution in [0, 0.1) is 0 Å². The Morgan fingerprint density at radius 2 is 1.41 bits per heavy atom. The summed E-state index contributed by atoms with van der Waals surface area (Å²) in [7, 11) is -8.11. The molecule has 0 unspecified atom stereocenters. The number of aromatic hydroxyl groups is 1. The smallest absolute Gasteiger partial charge is 0.262 e. The molecule has 0 saturated heterocycles. The van der Waals surface area contributed by atoms with Crippen LogP contribution in [-0.4, -0.2) is 39.3 Å². The van der Waals surface area contributed by atoms with Gasteiger partial charge in [0.1, 0.15) is 4.90 Å². The van der Waals surface area contributed by atoms with E-state index in [1.807, 2.05) is 32.9 Å². The van der Waals surface area contributed by atoms with Crippen molar-refractivity contribution in [3.05, 3.63) is 46.0 Å². The summed E-state index contributed by atoms with van der Waals surface area (Å²) in [6.07, 6.45) is 1.83. The van der Waals surface area contributed by atoms with Crippen LogP contribution in [0.2, 0.25) is 5.02 Å². The Balaban J connectivity index is 2.65. The summed E-state index contributed by atoms with van der Waals surface area (Å²) >= 11 is 6.08. The predicted octanol–water partition coefficient (Wildman–Crippen LogP) is 4.56. The molecule has 0 spiro atoms. The Morgan fingerprint density at radius 1 is 0.875 bits per heavy atom. The van der Waals surface area contributed by atoms with Gasteiger partial charge in [0.2, 0.25) is 10.0 Å². The molecule has 0 aliphatic rings. The van der Waals surface area contributed by atoms with E-state index in [0.717, 1.165) is 22.4 Å². The van der Waals surface area contributed by atoms with Gasteiger partial charge in [0.05, 0.1) is 15.6 Å². The summed E-state index contributed by atoms with van der Waals surface area (Å²) in [6, 6.07) is 6.07. The number of benzene rings is 2. The van der Waals surface area contributed by atoms with Crippen LogP contribution in [0.3, 0.4) is 0 Å². The Morgan fingerprint density at radius 3 is 1.84 bits per heavy atom. The first-order valence-electron chi connectivity index (χ1n) is 10.7. The number of hydrogen-bond donors (Lipinski definition) is 2. The average molecular weight is 503 g/mol. The van der Waals surface area contributed by atoms with E-state index in [0.29, 0.717) is 24.0 Å². The van der Waals surface area contributed by atoms with Gasteiger partial charge in [-0.15, -0.1) is 0 Å². The lowest BCUT2D eigenvalue weighted by atomic mass is 10.0. The minimum atomic E-state index is -4.07. The van der Waals surface area contributed by atoms with Gasteiger partial charge in [-0.25, -0.2) is 16.8 Å². The number of nitrogens with one attached hydrogen (secondary N) is 1. The second-order valence-electron chi connectivity index (χ2n) is 7.30. The van der Waals surface area contributed by atoms with Crippen molar-refractivity contribution in [1.82, 2.24) is 4.31 Å². The molecule has 2 N–H and O–H groups in total. The zero-order valence-electron chi connectivity index (χ0n) is 19.1. The van der Waals surface area contributed by atoms with E-state index in [2.05, 4.69) is 4.72 Å². The highest BCUT2D eigenvalue weighted by molar-refractivity contribution is 7.92. The van der Waals surface area contributed by atoms with Gasteiger partial charge in [0, 0.05) is 13.1 Å². The minimum Gasteiger partial charge on any atom is -0.505 e. The quantitative estimate of drug-likeness (QED) is 0.463. The third-order valence-corrected chi connectivity index (χ3v) is 9.26. The SMILES string of the molecule is CCc1cc(CC)c(S(=O)(=O)Nc2cc(Cl)c(O)c(S(=O)(=O)N(CC)CC)c2)c(CC)c1. The third kappa shape index (κ3) is 5.22. The molecule has 0 aromatic heterocycles. The zero-order valence-corrected chi connectivity index (χ0v) is 21.5. The van der Waals surface area contributed by atoms with Crippen LogP contribution in [0.1, 0.15) is 51.3 Å². The van der Waals surface area contributed by atoms with Crippen LogP contribution in [0.5, 0.6) is 5.75 Å². The van der Waals surface area contributed by atoms with Gasteiger partial charge in [0.15, 0.2) is 5.75 Å². The van der Waals surface area contributed by atoms with E-state index in [9.17, 15) is 21.9 Å². The maximum absolute atomic E-state index is 13.4. The molecule has 0 fully saturated rings. The normalized spacial score (nSPS) is 12.3. The molecule has 0 amide bonds. The van der Waals surface area contributed by atoms with Crippen molar-refractivity contribution in [2.75, 3.05) is 17.8 Å². The van der Waals surface area contributed by atoms with Crippen LogP contribution >= 0.6 is 11.6 Å². The molecule has 0 bridgehead atoms. The molecular weight excluding hydrogens is 472 g/mol. The van der Waals surface area contributed by atoms with Crippen LogP contribution in [0.25, 0.3) is 0 Å². The lowest BCUT2D eigenvalue weighted by Crippen LogP contribution is -2.30. The first kappa shape index (κ1) is 26.4. The van der Waals surface area contributed by atoms with Crippen molar-refractivity contribution in [2.24, 2.45) is 0 Å². The van der Waals surface area contributed by atoms with Crippen molar-refractivity contribution in [1.29, 1.82) is 0 Å². The number of phenolic OH excluding ortho intramolecular Hbond substituents is 1. The molecule has 0 radical (unpaired) electrons. The van der Waals surface area contributed by atoms with E-state index in [-0.39, 0.29) is 28.7 Å². The zero-order chi connectivity index (χ0) is 24.3. The van der Waals surface area contributed by atoms with Crippen molar-refractivity contribution >= 4 is 37.3 Å². The number of phenols is 1. The molecule has 0 aliphatic carbocycles. The second kappa shape index (κ2) is 10.4. The van der Waals surface area contributed by atoms with Gasteiger partial charge in [-0.05, 0) is 48.1 Å². The summed E-state index contributed by atoms with van der Waals surface area (Å²) in [5.41, 5.74) is 2.39. The number of nitrogens with zero attached hydrogens (tertiary/aromatic N) is 1. The first-order chi connectivity index (χ1) is 15.0. The summed E-state index contributed by atoms with van der Waals surface area (Å²) in [6.45, 7) is 9.51. The van der Waals surface area contributed by atoms with Gasteiger partial charge < -0.3 is 5.11 Å². The molecule has 0 atom stereocenters. The molecule has 178 valence electrons.